The average molecular weight is 402 g/mol. The van der Waals surface area contributed by atoms with Crippen molar-refractivity contribution in [2.24, 2.45) is 5.73 Å². The summed E-state index contributed by atoms with van der Waals surface area (Å²) in [4.78, 5) is 39.0. The second-order valence-corrected chi connectivity index (χ2v) is 7.68. The van der Waals surface area contributed by atoms with Gasteiger partial charge in [0.15, 0.2) is 0 Å². The molecule has 0 unspecified atom stereocenters. The molecule has 1 aliphatic heterocycles. The number of rotatable bonds is 6. The van der Waals surface area contributed by atoms with Crippen LogP contribution in [0.4, 0.5) is 10.1 Å². The van der Waals surface area contributed by atoms with E-state index in [-0.39, 0.29) is 22.9 Å². The molecule has 8 nitrogen and oxygen atoms in total. The van der Waals surface area contributed by atoms with Crippen molar-refractivity contribution < 1.29 is 19.1 Å². The van der Waals surface area contributed by atoms with Crippen molar-refractivity contribution >= 4 is 28.5 Å². The van der Waals surface area contributed by atoms with Crippen molar-refractivity contribution in [3.05, 3.63) is 39.9 Å². The van der Waals surface area contributed by atoms with Gasteiger partial charge in [-0.15, -0.1) is 0 Å². The number of hydrogen-bond donors (Lipinski definition) is 2. The number of carboxylic acids is 1. The van der Waals surface area contributed by atoms with Crippen LogP contribution in [-0.2, 0) is 4.79 Å². The number of carbonyl (C=O) groups is 2. The summed E-state index contributed by atoms with van der Waals surface area (Å²) in [6.07, 6.45) is 3.49. The van der Waals surface area contributed by atoms with E-state index in [1.54, 1.807) is 10.6 Å². The zero-order valence-electron chi connectivity index (χ0n) is 15.9. The highest BCUT2D eigenvalue weighted by atomic mass is 19.1. The highest BCUT2D eigenvalue weighted by Crippen LogP contribution is 2.38. The van der Waals surface area contributed by atoms with E-state index in [1.807, 2.05) is 4.90 Å². The molecule has 0 atom stereocenters. The van der Waals surface area contributed by atoms with Gasteiger partial charge in [-0.3, -0.25) is 14.5 Å². The summed E-state index contributed by atoms with van der Waals surface area (Å²) in [5.74, 6) is -2.18. The monoisotopic (exact) mass is 402 g/mol. The number of pyridine rings is 1. The van der Waals surface area contributed by atoms with Gasteiger partial charge in [-0.2, -0.15) is 0 Å². The average Bonchev–Trinajstić information content (AvgIpc) is 3.52. The molecule has 2 heterocycles. The first-order valence-corrected chi connectivity index (χ1v) is 9.72. The van der Waals surface area contributed by atoms with Crippen molar-refractivity contribution in [3.63, 3.8) is 0 Å². The molecular formula is C20H23FN4O4. The van der Waals surface area contributed by atoms with E-state index in [4.69, 9.17) is 5.73 Å². The molecule has 0 bridgehead atoms. The Morgan fingerprint density at radius 3 is 2.45 bits per heavy atom. The third-order valence-electron chi connectivity index (χ3n) is 5.66. The first kappa shape index (κ1) is 19.4. The van der Waals surface area contributed by atoms with Crippen LogP contribution < -0.4 is 16.1 Å². The predicted molar refractivity (Wildman–Crippen MR) is 106 cm³/mol. The molecule has 9 heteroatoms. The second-order valence-electron chi connectivity index (χ2n) is 7.68. The second kappa shape index (κ2) is 7.47. The summed E-state index contributed by atoms with van der Waals surface area (Å²) >= 11 is 0. The number of aromatic carboxylic acids is 1. The number of hydrogen-bond acceptors (Lipinski definition) is 5. The van der Waals surface area contributed by atoms with Gasteiger partial charge in [0.05, 0.1) is 11.2 Å². The molecule has 1 aromatic heterocycles. The number of piperazine rings is 1. The van der Waals surface area contributed by atoms with E-state index >= 15 is 0 Å². The highest BCUT2D eigenvalue weighted by molar-refractivity contribution is 5.93. The Morgan fingerprint density at radius 2 is 1.86 bits per heavy atom. The van der Waals surface area contributed by atoms with Gasteiger partial charge in [0.2, 0.25) is 11.3 Å². The van der Waals surface area contributed by atoms with E-state index in [0.717, 1.165) is 18.9 Å². The van der Waals surface area contributed by atoms with Crippen LogP contribution in [0.5, 0.6) is 0 Å². The standard InChI is InChI=1S/C20H23FN4O4/c21-15-9-13-16(25(12-1-2-12)11-14(19(13)27)20(28)29)10-17(15)24-7-5-23(6-8-24)4-3-18(22)26/h9-12H,1-8H2,(H2,22,26)(H,28,29). The third-order valence-corrected chi connectivity index (χ3v) is 5.66. The van der Waals surface area contributed by atoms with Gasteiger partial charge >= 0.3 is 5.97 Å². The van der Waals surface area contributed by atoms with E-state index in [0.29, 0.717) is 50.3 Å². The molecule has 1 aliphatic carbocycles. The molecule has 154 valence electrons. The van der Waals surface area contributed by atoms with Crippen LogP contribution in [0.2, 0.25) is 0 Å². The summed E-state index contributed by atoms with van der Waals surface area (Å²) in [5.41, 5.74) is 5.17. The highest BCUT2D eigenvalue weighted by Gasteiger charge is 2.28. The molecule has 1 amide bonds. The molecule has 1 saturated heterocycles. The number of carboxylic acid groups (broad SMARTS) is 1. The van der Waals surface area contributed by atoms with Crippen molar-refractivity contribution in [2.75, 3.05) is 37.6 Å². The summed E-state index contributed by atoms with van der Waals surface area (Å²) in [6, 6.07) is 2.97. The summed E-state index contributed by atoms with van der Waals surface area (Å²) < 4.78 is 16.7. The Labute approximate surface area is 166 Å². The van der Waals surface area contributed by atoms with Crippen LogP contribution in [0.3, 0.4) is 0 Å². The number of nitrogens with zero attached hydrogens (tertiary/aromatic N) is 3. The normalized spacial score (nSPS) is 17.6. The summed E-state index contributed by atoms with van der Waals surface area (Å²) in [7, 11) is 0. The maximum Gasteiger partial charge on any atom is 0.341 e. The Balaban J connectivity index is 1.67. The van der Waals surface area contributed by atoms with Crippen molar-refractivity contribution in [2.45, 2.75) is 25.3 Å². The number of primary amides is 1. The number of amides is 1. The van der Waals surface area contributed by atoms with Crippen LogP contribution in [0.15, 0.2) is 23.1 Å². The smallest absolute Gasteiger partial charge is 0.341 e. The van der Waals surface area contributed by atoms with E-state index in [1.165, 1.54) is 6.20 Å². The number of carbonyl (C=O) groups excluding carboxylic acids is 1. The lowest BCUT2D eigenvalue weighted by Gasteiger charge is -2.36. The van der Waals surface area contributed by atoms with Crippen LogP contribution in [0.25, 0.3) is 10.9 Å². The summed E-state index contributed by atoms with van der Waals surface area (Å²) in [6.45, 7) is 3.11. The Morgan fingerprint density at radius 1 is 1.17 bits per heavy atom. The number of fused-ring (bicyclic) bond motifs is 1. The van der Waals surface area contributed by atoms with Crippen molar-refractivity contribution in [1.82, 2.24) is 9.47 Å². The molecule has 2 fully saturated rings. The van der Waals surface area contributed by atoms with Crippen molar-refractivity contribution in [3.8, 4) is 0 Å². The molecule has 0 spiro atoms. The summed E-state index contributed by atoms with van der Waals surface area (Å²) in [5, 5.41) is 9.43. The number of anilines is 1. The maximum atomic E-state index is 14.9. The van der Waals surface area contributed by atoms with E-state index in [2.05, 4.69) is 4.90 Å². The minimum atomic E-state index is -1.30. The molecule has 1 aromatic carbocycles. The number of nitrogens with two attached hydrogens (primary N) is 1. The number of benzene rings is 1. The van der Waals surface area contributed by atoms with Gasteiger partial charge in [-0.25, -0.2) is 9.18 Å². The Kier molecular flexibility index (Phi) is 4.99. The van der Waals surface area contributed by atoms with E-state index < -0.39 is 17.2 Å². The lowest BCUT2D eigenvalue weighted by atomic mass is 10.1. The molecule has 1 saturated carbocycles. The maximum absolute atomic E-state index is 14.9. The van der Waals surface area contributed by atoms with E-state index in [9.17, 15) is 23.9 Å². The minimum Gasteiger partial charge on any atom is -0.477 e. The zero-order valence-corrected chi connectivity index (χ0v) is 15.9. The quantitative estimate of drug-likeness (QED) is 0.751. The van der Waals surface area contributed by atoms with Crippen molar-refractivity contribution in [1.29, 1.82) is 0 Å². The van der Waals surface area contributed by atoms with Gasteiger partial charge < -0.3 is 20.3 Å². The van der Waals surface area contributed by atoms with Gasteiger partial charge in [0.25, 0.3) is 0 Å². The lowest BCUT2D eigenvalue weighted by Crippen LogP contribution is -2.47. The molecule has 4 rings (SSSR count). The first-order chi connectivity index (χ1) is 13.8. The van der Waals surface area contributed by atoms with Crippen LogP contribution in [-0.4, -0.2) is 59.2 Å². The van der Waals surface area contributed by atoms with Crippen LogP contribution >= 0.6 is 0 Å². The molecular weight excluding hydrogens is 379 g/mol. The number of aromatic nitrogens is 1. The zero-order chi connectivity index (χ0) is 20.7. The fourth-order valence-electron chi connectivity index (χ4n) is 3.89. The molecule has 3 N–H and O–H groups in total. The molecule has 29 heavy (non-hydrogen) atoms. The first-order valence-electron chi connectivity index (χ1n) is 9.72. The fourth-order valence-corrected chi connectivity index (χ4v) is 3.89. The van der Waals surface area contributed by atoms with Gasteiger partial charge in [-0.1, -0.05) is 0 Å². The lowest BCUT2D eigenvalue weighted by molar-refractivity contribution is -0.118. The Hall–Kier alpha value is -2.94. The van der Waals surface area contributed by atoms with Gasteiger partial charge in [-0.05, 0) is 25.0 Å². The van der Waals surface area contributed by atoms with Gasteiger partial charge in [0.1, 0.15) is 11.4 Å². The van der Waals surface area contributed by atoms with Gasteiger partial charge in [0, 0.05) is 56.8 Å². The SMILES string of the molecule is NC(=O)CCN1CCN(c2cc3c(cc2F)c(=O)c(C(=O)O)cn3C2CC2)CC1. The fraction of sp³-hybridized carbons (Fsp3) is 0.450. The number of halogens is 1. The molecule has 2 aromatic rings. The Bertz CT molecular complexity index is 1040. The molecule has 2 aliphatic rings. The topological polar surface area (TPSA) is 109 Å². The largest absolute Gasteiger partial charge is 0.477 e. The minimum absolute atomic E-state index is 0.0955. The van der Waals surface area contributed by atoms with Crippen LogP contribution in [0, 0.1) is 5.82 Å². The third kappa shape index (κ3) is 3.82. The molecule has 0 radical (unpaired) electrons. The predicted octanol–water partition coefficient (Wildman–Crippen LogP) is 1.17. The van der Waals surface area contributed by atoms with Crippen LogP contribution in [0.1, 0.15) is 35.7 Å².